The summed E-state index contributed by atoms with van der Waals surface area (Å²) in [5.41, 5.74) is 3.97. The molecule has 146 valence electrons. The smallest absolute Gasteiger partial charge is 0.223 e. The third kappa shape index (κ3) is 4.31. The summed E-state index contributed by atoms with van der Waals surface area (Å²) in [6, 6.07) is 4.06. The molecule has 1 amide bonds. The molecule has 0 aliphatic heterocycles. The number of carbonyl (C=O) groups is 3. The van der Waals surface area contributed by atoms with E-state index in [0.29, 0.717) is 5.92 Å². The van der Waals surface area contributed by atoms with E-state index < -0.39 is 11.8 Å². The molecule has 2 fully saturated rings. The van der Waals surface area contributed by atoms with Gasteiger partial charge < -0.3 is 4.90 Å². The maximum absolute atomic E-state index is 13.1. The van der Waals surface area contributed by atoms with Gasteiger partial charge in [-0.05, 0) is 62.6 Å². The molecule has 4 heteroatoms. The van der Waals surface area contributed by atoms with Crippen LogP contribution in [0.3, 0.4) is 0 Å². The third-order valence-corrected chi connectivity index (χ3v) is 5.93. The van der Waals surface area contributed by atoms with Crippen LogP contribution in [-0.2, 0) is 14.4 Å². The minimum absolute atomic E-state index is 0.0305. The Morgan fingerprint density at radius 3 is 2.30 bits per heavy atom. The van der Waals surface area contributed by atoms with Gasteiger partial charge in [-0.2, -0.15) is 0 Å². The van der Waals surface area contributed by atoms with E-state index in [2.05, 4.69) is 6.92 Å². The van der Waals surface area contributed by atoms with Gasteiger partial charge in [0.05, 0.1) is 0 Å². The fraction of sp³-hybridized carbons (Fsp3) is 0.609. The van der Waals surface area contributed by atoms with Gasteiger partial charge in [0, 0.05) is 31.8 Å². The fourth-order valence-corrected chi connectivity index (χ4v) is 4.52. The summed E-state index contributed by atoms with van der Waals surface area (Å²) in [4.78, 5) is 40.5. The molecule has 4 nitrogen and oxygen atoms in total. The Kier molecular flexibility index (Phi) is 5.83. The number of hydrogen-bond acceptors (Lipinski definition) is 3. The lowest BCUT2D eigenvalue weighted by Crippen LogP contribution is -2.35. The van der Waals surface area contributed by atoms with Crippen molar-refractivity contribution in [2.24, 2.45) is 11.8 Å². The van der Waals surface area contributed by atoms with Gasteiger partial charge in [0.15, 0.2) is 5.78 Å². The molecule has 0 bridgehead atoms. The minimum Gasteiger partial charge on any atom is -0.342 e. The molecule has 2 saturated carbocycles. The van der Waals surface area contributed by atoms with Crippen LogP contribution < -0.4 is 0 Å². The number of rotatable bonds is 7. The normalized spacial score (nSPS) is 22.4. The lowest BCUT2D eigenvalue weighted by atomic mass is 9.86. The van der Waals surface area contributed by atoms with Crippen molar-refractivity contribution >= 4 is 17.5 Å². The Labute approximate surface area is 162 Å². The summed E-state index contributed by atoms with van der Waals surface area (Å²) >= 11 is 0. The molecule has 0 N–H and O–H groups in total. The van der Waals surface area contributed by atoms with E-state index in [4.69, 9.17) is 0 Å². The summed E-state index contributed by atoms with van der Waals surface area (Å²) < 4.78 is 0. The summed E-state index contributed by atoms with van der Waals surface area (Å²) in [7, 11) is 0. The van der Waals surface area contributed by atoms with Crippen molar-refractivity contribution in [1.82, 2.24) is 4.90 Å². The van der Waals surface area contributed by atoms with Crippen LogP contribution in [0.4, 0.5) is 0 Å². The number of ketones is 2. The van der Waals surface area contributed by atoms with Crippen molar-refractivity contribution < 1.29 is 14.4 Å². The monoisotopic (exact) mass is 369 g/mol. The highest BCUT2D eigenvalue weighted by atomic mass is 16.2. The molecule has 0 aromatic heterocycles. The highest BCUT2D eigenvalue weighted by molar-refractivity contribution is 6.15. The van der Waals surface area contributed by atoms with Crippen molar-refractivity contribution in [2.45, 2.75) is 65.7 Å². The van der Waals surface area contributed by atoms with Crippen molar-refractivity contribution in [1.29, 1.82) is 0 Å². The van der Waals surface area contributed by atoms with E-state index in [1.54, 1.807) is 0 Å². The zero-order valence-electron chi connectivity index (χ0n) is 17.0. The highest BCUT2D eigenvalue weighted by Crippen LogP contribution is 2.38. The topological polar surface area (TPSA) is 54.5 Å². The summed E-state index contributed by atoms with van der Waals surface area (Å²) in [6.07, 6.45) is 3.69. The van der Waals surface area contributed by atoms with Gasteiger partial charge in [0.2, 0.25) is 5.91 Å². The summed E-state index contributed by atoms with van der Waals surface area (Å²) in [5, 5.41) is 0. The van der Waals surface area contributed by atoms with E-state index in [0.717, 1.165) is 41.8 Å². The van der Waals surface area contributed by atoms with E-state index in [1.165, 1.54) is 12.8 Å². The molecule has 2 aliphatic carbocycles. The predicted octanol–water partition coefficient (Wildman–Crippen LogP) is 3.89. The molecule has 2 unspecified atom stereocenters. The highest BCUT2D eigenvalue weighted by Gasteiger charge is 2.44. The van der Waals surface area contributed by atoms with Gasteiger partial charge in [0.25, 0.3) is 0 Å². The van der Waals surface area contributed by atoms with Crippen LogP contribution in [0.5, 0.6) is 0 Å². The first-order chi connectivity index (χ1) is 12.8. The van der Waals surface area contributed by atoms with Crippen LogP contribution in [0.25, 0.3) is 0 Å². The van der Waals surface area contributed by atoms with Crippen LogP contribution in [0, 0.1) is 32.6 Å². The average Bonchev–Trinajstić information content (AvgIpc) is 3.35. The van der Waals surface area contributed by atoms with Crippen molar-refractivity contribution in [3.63, 3.8) is 0 Å². The lowest BCUT2D eigenvalue weighted by Gasteiger charge is -2.23. The Morgan fingerprint density at radius 1 is 1.11 bits per heavy atom. The van der Waals surface area contributed by atoms with Crippen LogP contribution in [-0.4, -0.2) is 35.5 Å². The predicted molar refractivity (Wildman–Crippen MR) is 106 cm³/mol. The molecule has 1 aromatic carbocycles. The SMILES string of the molecule is CCCN(CC1CC1)C(=O)CC1CC(=O)C(c2c(C)cc(C)cc2C)C1=O. The molecule has 27 heavy (non-hydrogen) atoms. The van der Waals surface area contributed by atoms with Gasteiger partial charge in [-0.15, -0.1) is 0 Å². The fourth-order valence-electron chi connectivity index (χ4n) is 4.52. The van der Waals surface area contributed by atoms with Crippen LogP contribution in [0.1, 0.15) is 67.2 Å². The number of carbonyl (C=O) groups excluding carboxylic acids is 3. The largest absolute Gasteiger partial charge is 0.342 e. The van der Waals surface area contributed by atoms with Gasteiger partial charge >= 0.3 is 0 Å². The number of benzene rings is 1. The first-order valence-electron chi connectivity index (χ1n) is 10.2. The number of hydrogen-bond donors (Lipinski definition) is 0. The van der Waals surface area contributed by atoms with E-state index in [1.807, 2.05) is 37.8 Å². The second kappa shape index (κ2) is 7.95. The quantitative estimate of drug-likeness (QED) is 0.685. The average molecular weight is 370 g/mol. The summed E-state index contributed by atoms with van der Waals surface area (Å²) in [5.74, 6) is -0.580. The number of nitrogens with zero attached hydrogens (tertiary/aromatic N) is 1. The first-order valence-corrected chi connectivity index (χ1v) is 10.2. The van der Waals surface area contributed by atoms with E-state index in [9.17, 15) is 14.4 Å². The Morgan fingerprint density at radius 2 is 1.74 bits per heavy atom. The zero-order chi connectivity index (χ0) is 19.7. The third-order valence-electron chi connectivity index (χ3n) is 5.93. The van der Waals surface area contributed by atoms with Crippen LogP contribution in [0.2, 0.25) is 0 Å². The van der Waals surface area contributed by atoms with Gasteiger partial charge in [-0.3, -0.25) is 14.4 Å². The molecule has 3 rings (SSSR count). The van der Waals surface area contributed by atoms with Crippen molar-refractivity contribution in [2.75, 3.05) is 13.1 Å². The first kappa shape index (κ1) is 19.8. The van der Waals surface area contributed by atoms with Crippen molar-refractivity contribution in [3.8, 4) is 0 Å². The standard InChI is InChI=1S/C23H31NO3/c1-5-8-24(13-17-6-7-17)20(26)12-18-11-19(25)22(23(18)27)21-15(3)9-14(2)10-16(21)4/h9-10,17-18,22H,5-8,11-13H2,1-4H3. The Hall–Kier alpha value is -1.97. The molecule has 1 aromatic rings. The molecule has 0 heterocycles. The maximum Gasteiger partial charge on any atom is 0.223 e. The zero-order valence-corrected chi connectivity index (χ0v) is 17.0. The number of Topliss-reactive ketones (excluding diaryl/α,β-unsaturated/α-hetero) is 2. The van der Waals surface area contributed by atoms with Gasteiger partial charge in [-0.1, -0.05) is 24.6 Å². The second-order valence-corrected chi connectivity index (χ2v) is 8.50. The van der Waals surface area contributed by atoms with Crippen molar-refractivity contribution in [3.05, 3.63) is 34.4 Å². The molecule has 2 aliphatic rings. The molecule has 0 saturated heterocycles. The second-order valence-electron chi connectivity index (χ2n) is 8.50. The minimum atomic E-state index is -0.688. The molecular weight excluding hydrogens is 338 g/mol. The Balaban J connectivity index is 1.75. The molecule has 0 radical (unpaired) electrons. The van der Waals surface area contributed by atoms with Gasteiger partial charge in [0.1, 0.15) is 11.7 Å². The van der Waals surface area contributed by atoms with E-state index in [-0.39, 0.29) is 30.3 Å². The van der Waals surface area contributed by atoms with Gasteiger partial charge in [-0.25, -0.2) is 0 Å². The maximum atomic E-state index is 13.1. The van der Waals surface area contributed by atoms with Crippen LogP contribution in [0.15, 0.2) is 12.1 Å². The van der Waals surface area contributed by atoms with Crippen LogP contribution >= 0.6 is 0 Å². The summed E-state index contributed by atoms with van der Waals surface area (Å²) in [6.45, 7) is 9.56. The molecule has 2 atom stereocenters. The number of aryl methyl sites for hydroxylation is 3. The molecule has 0 spiro atoms. The molecular formula is C23H31NO3. The van der Waals surface area contributed by atoms with E-state index >= 15 is 0 Å². The Bertz CT molecular complexity index is 740. The number of amides is 1. The lowest BCUT2D eigenvalue weighted by molar-refractivity contribution is -0.135.